The van der Waals surface area contributed by atoms with Gasteiger partial charge < -0.3 is 89.3 Å². The van der Waals surface area contributed by atoms with Gasteiger partial charge in [0.05, 0.1) is 19.1 Å². The summed E-state index contributed by atoms with van der Waals surface area (Å²) in [5.74, 6) is -14.5. The molecular formula is C71H110N16O16. The molecule has 4 saturated heterocycles. The van der Waals surface area contributed by atoms with E-state index in [1.165, 1.54) is 21.6 Å². The van der Waals surface area contributed by atoms with Crippen molar-refractivity contribution >= 4 is 88.6 Å². The van der Waals surface area contributed by atoms with Crippen molar-refractivity contribution in [1.29, 1.82) is 0 Å². The Morgan fingerprint density at radius 1 is 0.573 bits per heavy atom. The Morgan fingerprint density at radius 2 is 1.16 bits per heavy atom. The van der Waals surface area contributed by atoms with Crippen molar-refractivity contribution in [2.24, 2.45) is 41.1 Å². The average Bonchev–Trinajstić information content (AvgIpc) is 1.70. The molecule has 0 bridgehead atoms. The van der Waals surface area contributed by atoms with Crippen LogP contribution in [0.2, 0.25) is 0 Å². The number of nitrogens with two attached hydrogens (primary N) is 2. The van der Waals surface area contributed by atoms with Crippen LogP contribution in [0.5, 0.6) is 0 Å². The molecule has 103 heavy (non-hydrogen) atoms. The number of primary amides is 2. The summed E-state index contributed by atoms with van der Waals surface area (Å²) in [7, 11) is 0. The number of benzene rings is 1. The van der Waals surface area contributed by atoms with E-state index in [1.807, 2.05) is 6.92 Å². The SMILES string of the molecule is CCC(C)C(NC(=O)C(C)NC(=O)C(CC(N)=O)NC(=O)C(NC(=O)C1CCCN1C(=O)C1=CNC(C(C)CC)C(=O)N2CC(O)CC2C(=O)NC(C(C)CC)C(=O)NC(Cc2ccccc2)C(=O)N2CCCC2C(=O)N2CCCC2C(=O)NC(CC(C)C)C(=O)N1)C(C)CC)C(=O)NCC(N)=O. The fraction of sp³-hybridized carbons (Fsp3) is 0.676. The molecule has 6 rings (SSSR count). The van der Waals surface area contributed by atoms with Crippen molar-refractivity contribution in [3.63, 3.8) is 0 Å². The van der Waals surface area contributed by atoms with Gasteiger partial charge in [-0.3, -0.25) is 71.9 Å². The van der Waals surface area contributed by atoms with Crippen LogP contribution in [0, 0.1) is 29.6 Å². The minimum Gasteiger partial charge on any atom is -0.391 e. The van der Waals surface area contributed by atoms with Gasteiger partial charge in [-0.05, 0) is 87.0 Å². The predicted octanol–water partition coefficient (Wildman–Crippen LogP) is -1.79. The number of hydrogen-bond acceptors (Lipinski definition) is 17. The van der Waals surface area contributed by atoms with Gasteiger partial charge in [-0.15, -0.1) is 0 Å². The van der Waals surface area contributed by atoms with Crippen LogP contribution in [0.3, 0.4) is 0 Å². The van der Waals surface area contributed by atoms with E-state index < -0.39 is 210 Å². The molecule has 0 spiro atoms. The first-order valence-electron chi connectivity index (χ1n) is 36.4. The first-order valence-corrected chi connectivity index (χ1v) is 36.4. The number of carbonyl (C=O) groups excluding carboxylic acids is 15. The smallest absolute Gasteiger partial charge is 0.272 e. The summed E-state index contributed by atoms with van der Waals surface area (Å²) in [6, 6.07) is -6.69. The van der Waals surface area contributed by atoms with Crippen molar-refractivity contribution < 1.29 is 77.0 Å². The fourth-order valence-corrected chi connectivity index (χ4v) is 13.7. The van der Waals surface area contributed by atoms with Gasteiger partial charge in [-0.2, -0.15) is 0 Å². The van der Waals surface area contributed by atoms with Crippen LogP contribution in [0.4, 0.5) is 0 Å². The Labute approximate surface area is 602 Å². The number of nitrogens with zero attached hydrogens (tertiary/aromatic N) is 4. The van der Waals surface area contributed by atoms with E-state index >= 15 is 19.2 Å². The highest BCUT2D eigenvalue weighted by Crippen LogP contribution is 2.29. The molecule has 32 nitrogen and oxygen atoms in total. The quantitative estimate of drug-likeness (QED) is 0.0487. The molecule has 5 aliphatic rings. The van der Waals surface area contributed by atoms with Gasteiger partial charge in [-0.1, -0.05) is 125 Å². The van der Waals surface area contributed by atoms with Gasteiger partial charge in [0, 0.05) is 45.2 Å². The third kappa shape index (κ3) is 21.9. The molecule has 570 valence electrons. The monoisotopic (exact) mass is 1440 g/mol. The lowest BCUT2D eigenvalue weighted by atomic mass is 9.96. The van der Waals surface area contributed by atoms with Gasteiger partial charge in [0.2, 0.25) is 82.7 Å². The van der Waals surface area contributed by atoms with Gasteiger partial charge >= 0.3 is 0 Å². The molecule has 5 heterocycles. The zero-order valence-corrected chi connectivity index (χ0v) is 61.3. The molecular weight excluding hydrogens is 1330 g/mol. The topological polar surface area (TPSA) is 462 Å². The zero-order valence-electron chi connectivity index (χ0n) is 61.3. The molecule has 5 aliphatic heterocycles. The van der Waals surface area contributed by atoms with Crippen LogP contribution >= 0.6 is 0 Å². The molecule has 17 atom stereocenters. The second-order valence-electron chi connectivity index (χ2n) is 28.7. The van der Waals surface area contributed by atoms with Gasteiger partial charge in [0.15, 0.2) is 0 Å². The summed E-state index contributed by atoms with van der Waals surface area (Å²) < 4.78 is 0. The molecule has 1 aromatic rings. The number of nitrogens with one attached hydrogen (secondary N) is 10. The number of rotatable bonds is 26. The molecule has 32 heteroatoms. The Kier molecular flexibility index (Phi) is 30.8. The summed E-state index contributed by atoms with van der Waals surface area (Å²) in [5, 5.41) is 38.2. The minimum atomic E-state index is -1.71. The lowest BCUT2D eigenvalue weighted by molar-refractivity contribution is -0.148. The number of aliphatic hydroxyl groups is 1. The molecule has 0 saturated carbocycles. The second kappa shape index (κ2) is 38.3. The third-order valence-electron chi connectivity index (χ3n) is 20.6. The summed E-state index contributed by atoms with van der Waals surface area (Å²) >= 11 is 0. The standard InChI is InChI=1S/C71H110N16O16/c1-12-38(7)55(65(97)75-35-54(73)90)81-59(91)42(11)76-60(92)46(33-53(72)89)78-66(98)56(39(8)13-2)82-63(95)50-25-19-27-84(50)69(101)48-34-74-58(41(10)15-4)71(103)87-36-44(88)32-52(87)64(96)83-57(40(9)14-3)67(99)79-47(31-43-22-17-16-18-23-43)68(100)86-29-21-26-51(86)70(102)85-28-20-24-49(85)62(94)77-45(30-37(5)6)61(93)80-48/h16-18,22-23,34,37-42,44-47,49-52,55-58,74,88H,12-15,19-21,24-33,35-36H2,1-11H3,(H2,72,89)(H2,73,90)(H,75,97)(H,76,92)(H,77,94)(H,78,98)(H,79,99)(H,80,93)(H,81,91)(H,82,95)(H,83,96). The lowest BCUT2D eigenvalue weighted by Crippen LogP contribution is -2.61. The second-order valence-corrected chi connectivity index (χ2v) is 28.7. The summed E-state index contributed by atoms with van der Waals surface area (Å²) in [6.07, 6.45) is 1.80. The molecule has 15 N–H and O–H groups in total. The van der Waals surface area contributed by atoms with E-state index in [9.17, 15) is 57.8 Å². The van der Waals surface area contributed by atoms with Crippen LogP contribution in [0.25, 0.3) is 0 Å². The number of fused-ring (bicyclic) bond motifs is 3. The van der Waals surface area contributed by atoms with Gasteiger partial charge in [0.25, 0.3) is 5.91 Å². The Hall–Kier alpha value is -9.23. The number of carbonyl (C=O) groups is 15. The normalized spacial score (nSPS) is 25.5. The molecule has 15 amide bonds. The molecule has 17 unspecified atom stereocenters. The maximum absolute atomic E-state index is 15.5. The fourth-order valence-electron chi connectivity index (χ4n) is 13.7. The van der Waals surface area contributed by atoms with E-state index in [2.05, 4.69) is 53.2 Å². The van der Waals surface area contributed by atoms with E-state index in [0.717, 1.165) is 11.1 Å². The summed E-state index contributed by atoms with van der Waals surface area (Å²) in [5.41, 5.74) is 11.0. The lowest BCUT2D eigenvalue weighted by Gasteiger charge is -2.35. The van der Waals surface area contributed by atoms with Crippen molar-refractivity contribution in [1.82, 2.24) is 72.8 Å². The third-order valence-corrected chi connectivity index (χ3v) is 20.6. The highest BCUT2D eigenvalue weighted by atomic mass is 16.3. The number of likely N-dealkylation sites (tertiary alicyclic amines) is 1. The van der Waals surface area contributed by atoms with Crippen molar-refractivity contribution in [3.8, 4) is 0 Å². The van der Waals surface area contributed by atoms with Crippen molar-refractivity contribution in [2.45, 2.75) is 245 Å². The Morgan fingerprint density at radius 3 is 1.76 bits per heavy atom. The maximum atomic E-state index is 15.5. The predicted molar refractivity (Wildman–Crippen MR) is 376 cm³/mol. The average molecular weight is 1440 g/mol. The zero-order chi connectivity index (χ0) is 76.3. The Balaban J connectivity index is 1.35. The van der Waals surface area contributed by atoms with Crippen LogP contribution in [0.1, 0.15) is 165 Å². The molecule has 4 fully saturated rings. The van der Waals surface area contributed by atoms with E-state index in [0.29, 0.717) is 37.7 Å². The van der Waals surface area contributed by atoms with Crippen LogP contribution in [-0.2, 0) is 78.3 Å². The maximum Gasteiger partial charge on any atom is 0.272 e. The van der Waals surface area contributed by atoms with Gasteiger partial charge in [0.1, 0.15) is 78.2 Å². The molecule has 1 aromatic carbocycles. The van der Waals surface area contributed by atoms with Crippen LogP contribution in [0.15, 0.2) is 42.2 Å². The minimum absolute atomic E-state index is 0.00297. The molecule has 0 aromatic heterocycles. The number of aliphatic hydroxyl groups excluding tert-OH is 1. The van der Waals surface area contributed by atoms with Crippen molar-refractivity contribution in [2.75, 3.05) is 32.7 Å². The number of hydrogen-bond donors (Lipinski definition) is 13. The highest BCUT2D eigenvalue weighted by Gasteiger charge is 2.48. The van der Waals surface area contributed by atoms with Crippen LogP contribution in [-0.4, -0.2) is 225 Å². The first kappa shape index (κ1) is 82.7. The number of amides is 15. The first-order chi connectivity index (χ1) is 48.7. The Bertz CT molecular complexity index is 3300. The summed E-state index contributed by atoms with van der Waals surface area (Å²) in [4.78, 5) is 219. The molecule has 0 radical (unpaired) electrons. The van der Waals surface area contributed by atoms with E-state index in [4.69, 9.17) is 11.5 Å². The van der Waals surface area contributed by atoms with E-state index in [-0.39, 0.29) is 83.5 Å². The van der Waals surface area contributed by atoms with Gasteiger partial charge in [-0.25, -0.2) is 0 Å². The van der Waals surface area contributed by atoms with E-state index in [1.54, 1.807) is 92.6 Å². The van der Waals surface area contributed by atoms with Crippen LogP contribution < -0.4 is 64.6 Å². The summed E-state index contributed by atoms with van der Waals surface area (Å²) in [6.45, 7) is 18.1. The largest absolute Gasteiger partial charge is 0.391 e. The van der Waals surface area contributed by atoms with Crippen molar-refractivity contribution in [3.05, 3.63) is 47.8 Å². The highest BCUT2D eigenvalue weighted by molar-refractivity contribution is 6.04. The molecule has 0 aliphatic carbocycles.